The van der Waals surface area contributed by atoms with Crippen LogP contribution in [0.3, 0.4) is 0 Å². The summed E-state index contributed by atoms with van der Waals surface area (Å²) in [4.78, 5) is 1.56. The van der Waals surface area contributed by atoms with E-state index >= 15 is 0 Å². The lowest BCUT2D eigenvalue weighted by atomic mass is 10.1. The molecule has 0 bridgehead atoms. The summed E-state index contributed by atoms with van der Waals surface area (Å²) in [5, 5.41) is 0. The van der Waals surface area contributed by atoms with Crippen molar-refractivity contribution in [3.05, 3.63) is 95.6 Å². The van der Waals surface area contributed by atoms with Crippen molar-refractivity contribution in [2.24, 2.45) is 0 Å². The molecule has 1 atom stereocenters. The molecule has 0 amide bonds. The summed E-state index contributed by atoms with van der Waals surface area (Å²) >= 11 is 0. The molecular weight excluding hydrogens is 422 g/mol. The van der Waals surface area contributed by atoms with E-state index in [0.717, 1.165) is 27.5 Å². The molecule has 0 aliphatic heterocycles. The quantitative estimate of drug-likeness (QED) is 0.353. The fourth-order valence-corrected chi connectivity index (χ4v) is 6.23. The Kier molecular flexibility index (Phi) is 6.22. The van der Waals surface area contributed by atoms with Crippen molar-refractivity contribution in [2.75, 3.05) is 6.26 Å². The highest BCUT2D eigenvalue weighted by Gasteiger charge is 2.32. The molecule has 0 radical (unpaired) electrons. The molecule has 160 valence electrons. The van der Waals surface area contributed by atoms with Crippen molar-refractivity contribution in [1.29, 1.82) is 0 Å². The lowest BCUT2D eigenvalue weighted by Crippen LogP contribution is -2.11. The van der Waals surface area contributed by atoms with Crippen LogP contribution in [0.15, 0.2) is 88.7 Å². The Morgan fingerprint density at radius 2 is 1.13 bits per heavy atom. The second-order valence-electron chi connectivity index (χ2n) is 7.18. The van der Waals surface area contributed by atoms with Gasteiger partial charge in [-0.15, -0.1) is 0 Å². The van der Waals surface area contributed by atoms with Gasteiger partial charge in [0.05, 0.1) is 12.0 Å². The van der Waals surface area contributed by atoms with Gasteiger partial charge in [0.2, 0.25) is 0 Å². The van der Waals surface area contributed by atoms with Crippen molar-refractivity contribution in [1.82, 2.24) is 0 Å². The monoisotopic (exact) mass is 442 g/mol. The third kappa shape index (κ3) is 5.39. The molecule has 0 spiro atoms. The summed E-state index contributed by atoms with van der Waals surface area (Å²) < 4.78 is 77.0. The zero-order valence-corrected chi connectivity index (χ0v) is 16.9. The lowest BCUT2D eigenvalue weighted by Gasteiger charge is -2.37. The fraction of sp³-hybridized carbons (Fsp3) is 0.217. The first kappa shape index (κ1) is 22.3. The van der Waals surface area contributed by atoms with Gasteiger partial charge in [0.15, 0.2) is 0 Å². The minimum absolute atomic E-state index is 0.153. The molecule has 1 unspecified atom stereocenters. The van der Waals surface area contributed by atoms with E-state index in [0.29, 0.717) is 5.75 Å². The normalized spacial score (nSPS) is 15.4. The van der Waals surface area contributed by atoms with Crippen molar-refractivity contribution < 1.29 is 26.3 Å². The van der Waals surface area contributed by atoms with Crippen molar-refractivity contribution >= 4 is 10.0 Å². The molecule has 0 aliphatic rings. The van der Waals surface area contributed by atoms with Gasteiger partial charge in [0.1, 0.15) is 0 Å². The van der Waals surface area contributed by atoms with Crippen LogP contribution in [0.25, 0.3) is 0 Å². The van der Waals surface area contributed by atoms with Gasteiger partial charge in [0, 0.05) is 5.75 Å². The molecule has 0 saturated carbocycles. The zero-order valence-electron chi connectivity index (χ0n) is 16.1. The Labute approximate surface area is 172 Å². The zero-order chi connectivity index (χ0) is 22.0. The standard InChI is InChI=1S/C23H20F6S/c1-30(16-18-5-3-2-4-6-18,21-13-9-19(10-14-21)23(27,28)29)20-11-7-17(8-12-20)15-22(24,25)26/h2-14H,15-16H2,1H3. The number of hydrogen-bond acceptors (Lipinski definition) is 0. The Morgan fingerprint density at radius 1 is 0.633 bits per heavy atom. The Morgan fingerprint density at radius 3 is 1.60 bits per heavy atom. The van der Waals surface area contributed by atoms with Gasteiger partial charge >= 0.3 is 12.4 Å². The van der Waals surface area contributed by atoms with Gasteiger partial charge in [0.25, 0.3) is 0 Å². The van der Waals surface area contributed by atoms with Gasteiger partial charge in [-0.2, -0.15) is 36.4 Å². The predicted octanol–water partition coefficient (Wildman–Crippen LogP) is 7.86. The van der Waals surface area contributed by atoms with Crippen LogP contribution in [0.4, 0.5) is 26.3 Å². The molecule has 7 heteroatoms. The highest BCUT2D eigenvalue weighted by Crippen LogP contribution is 2.62. The number of alkyl halides is 6. The first-order chi connectivity index (χ1) is 14.0. The van der Waals surface area contributed by atoms with E-state index in [1.165, 1.54) is 24.3 Å². The molecule has 0 aromatic heterocycles. The van der Waals surface area contributed by atoms with Crippen LogP contribution in [0.1, 0.15) is 16.7 Å². The molecule has 3 rings (SSSR count). The van der Waals surface area contributed by atoms with Crippen LogP contribution in [-0.4, -0.2) is 12.4 Å². The van der Waals surface area contributed by atoms with Gasteiger partial charge in [-0.25, -0.2) is 0 Å². The van der Waals surface area contributed by atoms with E-state index in [2.05, 4.69) is 0 Å². The molecule has 0 nitrogen and oxygen atoms in total. The number of benzene rings is 3. The summed E-state index contributed by atoms with van der Waals surface area (Å²) in [6.45, 7) is 0. The first-order valence-corrected chi connectivity index (χ1v) is 11.3. The van der Waals surface area contributed by atoms with Crippen LogP contribution >= 0.6 is 10.0 Å². The van der Waals surface area contributed by atoms with Crippen molar-refractivity contribution in [3.63, 3.8) is 0 Å². The van der Waals surface area contributed by atoms with Gasteiger partial charge in [-0.1, -0.05) is 42.5 Å². The predicted molar refractivity (Wildman–Crippen MR) is 108 cm³/mol. The van der Waals surface area contributed by atoms with E-state index in [4.69, 9.17) is 0 Å². The third-order valence-corrected chi connectivity index (χ3v) is 8.38. The van der Waals surface area contributed by atoms with Crippen LogP contribution in [-0.2, 0) is 18.3 Å². The molecule has 0 saturated heterocycles. The first-order valence-electron chi connectivity index (χ1n) is 9.10. The van der Waals surface area contributed by atoms with Gasteiger partial charge in [-0.3, -0.25) is 0 Å². The summed E-state index contributed by atoms with van der Waals surface area (Å²) in [7, 11) is -1.82. The summed E-state index contributed by atoms with van der Waals surface area (Å²) in [6, 6.07) is 20.8. The Hall–Kier alpha value is -2.41. The molecular formula is C23H20F6S. The second-order valence-corrected chi connectivity index (χ2v) is 10.6. The van der Waals surface area contributed by atoms with Gasteiger partial charge in [-0.05, 0) is 63.6 Å². The van der Waals surface area contributed by atoms with Gasteiger partial charge < -0.3 is 0 Å². The highest BCUT2D eigenvalue weighted by atomic mass is 32.3. The topological polar surface area (TPSA) is 0 Å². The SMILES string of the molecule is CS(Cc1ccccc1)(c1ccc(CC(F)(F)F)cc1)c1ccc(C(F)(F)F)cc1. The summed E-state index contributed by atoms with van der Waals surface area (Å²) in [5.41, 5.74) is 0.433. The van der Waals surface area contributed by atoms with Crippen molar-refractivity contribution in [2.45, 2.75) is 34.3 Å². The highest BCUT2D eigenvalue weighted by molar-refractivity contribution is 8.32. The summed E-state index contributed by atoms with van der Waals surface area (Å²) in [5.74, 6) is 0.567. The molecule has 30 heavy (non-hydrogen) atoms. The second kappa shape index (κ2) is 8.38. The lowest BCUT2D eigenvalue weighted by molar-refractivity contribution is -0.137. The van der Waals surface area contributed by atoms with Crippen LogP contribution in [0, 0.1) is 0 Å². The molecule has 3 aromatic rings. The smallest absolute Gasteiger partial charge is 0.186 e. The van der Waals surface area contributed by atoms with E-state index < -0.39 is 34.4 Å². The molecule has 0 N–H and O–H groups in total. The molecule has 3 aromatic carbocycles. The fourth-order valence-electron chi connectivity index (χ4n) is 3.29. The average molecular weight is 442 g/mol. The maximum absolute atomic E-state index is 13.0. The summed E-state index contributed by atoms with van der Waals surface area (Å²) in [6.07, 6.45) is -7.77. The van der Waals surface area contributed by atoms with E-state index in [1.807, 2.05) is 36.6 Å². The van der Waals surface area contributed by atoms with Crippen LogP contribution < -0.4 is 0 Å². The number of halogens is 6. The average Bonchev–Trinajstić information content (AvgIpc) is 2.67. The van der Waals surface area contributed by atoms with Crippen LogP contribution in [0.5, 0.6) is 0 Å². The van der Waals surface area contributed by atoms with E-state index in [-0.39, 0.29) is 5.56 Å². The minimum Gasteiger partial charge on any atom is -0.186 e. The Balaban J connectivity index is 2.02. The maximum atomic E-state index is 13.0. The Bertz CT molecular complexity index is 960. The minimum atomic E-state index is -4.43. The third-order valence-electron chi connectivity index (χ3n) is 4.85. The number of hydrogen-bond donors (Lipinski definition) is 0. The molecule has 0 heterocycles. The molecule has 0 fully saturated rings. The van der Waals surface area contributed by atoms with Crippen molar-refractivity contribution in [3.8, 4) is 0 Å². The van der Waals surface area contributed by atoms with E-state index in [1.54, 1.807) is 12.1 Å². The molecule has 0 aliphatic carbocycles. The maximum Gasteiger partial charge on any atom is 0.416 e. The largest absolute Gasteiger partial charge is 0.416 e. The van der Waals surface area contributed by atoms with Crippen LogP contribution in [0.2, 0.25) is 0 Å². The number of rotatable bonds is 5. The van der Waals surface area contributed by atoms with E-state index in [9.17, 15) is 26.3 Å².